The van der Waals surface area contributed by atoms with Gasteiger partial charge in [-0.2, -0.15) is 0 Å². The molecule has 1 N–H and O–H groups in total. The highest BCUT2D eigenvalue weighted by atomic mass is 127. The van der Waals surface area contributed by atoms with Crippen LogP contribution in [-0.4, -0.2) is 64.5 Å². The van der Waals surface area contributed by atoms with Gasteiger partial charge in [0.2, 0.25) is 0 Å². The van der Waals surface area contributed by atoms with Gasteiger partial charge >= 0.3 is 0 Å². The van der Waals surface area contributed by atoms with Crippen LogP contribution in [0.2, 0.25) is 0 Å². The molecule has 1 aromatic carbocycles. The van der Waals surface area contributed by atoms with Crippen LogP contribution in [0.1, 0.15) is 32.3 Å². The molecule has 6 nitrogen and oxygen atoms in total. The van der Waals surface area contributed by atoms with Crippen LogP contribution in [0.15, 0.2) is 29.3 Å². The maximum Gasteiger partial charge on any atom is 0.193 e. The molecule has 0 aromatic heterocycles. The first-order valence-corrected chi connectivity index (χ1v) is 9.50. The molecule has 0 fully saturated rings. The van der Waals surface area contributed by atoms with Gasteiger partial charge in [0.25, 0.3) is 0 Å². The molecular formula is C20H36IN3O3. The Morgan fingerprint density at radius 3 is 2.30 bits per heavy atom. The van der Waals surface area contributed by atoms with E-state index in [1.54, 1.807) is 7.05 Å². The molecule has 1 aromatic rings. The van der Waals surface area contributed by atoms with E-state index in [1.165, 1.54) is 5.56 Å². The molecule has 0 unspecified atom stereocenters. The van der Waals surface area contributed by atoms with Crippen LogP contribution >= 0.6 is 24.0 Å². The van der Waals surface area contributed by atoms with Gasteiger partial charge in [0.05, 0.1) is 26.4 Å². The Morgan fingerprint density at radius 2 is 1.70 bits per heavy atom. The molecule has 0 saturated carbocycles. The predicted molar refractivity (Wildman–Crippen MR) is 122 cm³/mol. The van der Waals surface area contributed by atoms with E-state index in [0.29, 0.717) is 26.4 Å². The minimum atomic E-state index is 0. The first-order valence-electron chi connectivity index (χ1n) is 9.50. The molecule has 0 aliphatic carbocycles. The van der Waals surface area contributed by atoms with E-state index in [9.17, 15) is 0 Å². The van der Waals surface area contributed by atoms with Gasteiger partial charge in [-0.25, -0.2) is 0 Å². The number of aliphatic imine (C=N–C) groups is 1. The minimum Gasteiger partial charge on any atom is -0.494 e. The number of hydrogen-bond acceptors (Lipinski definition) is 4. The third-order valence-corrected chi connectivity index (χ3v) is 3.77. The fourth-order valence-corrected chi connectivity index (χ4v) is 2.39. The Labute approximate surface area is 181 Å². The summed E-state index contributed by atoms with van der Waals surface area (Å²) in [6, 6.07) is 8.16. The van der Waals surface area contributed by atoms with Gasteiger partial charge in [-0.05, 0) is 31.0 Å². The number of hydrogen-bond donors (Lipinski definition) is 1. The molecule has 0 heterocycles. The van der Waals surface area contributed by atoms with Crippen molar-refractivity contribution in [3.63, 3.8) is 0 Å². The van der Waals surface area contributed by atoms with Crippen molar-refractivity contribution in [2.24, 2.45) is 4.99 Å². The Balaban J connectivity index is 0.00000676. The zero-order chi connectivity index (χ0) is 19.0. The Morgan fingerprint density at radius 1 is 1.04 bits per heavy atom. The van der Waals surface area contributed by atoms with Gasteiger partial charge in [-0.15, -0.1) is 24.0 Å². The highest BCUT2D eigenvalue weighted by Gasteiger charge is 2.06. The average molecular weight is 493 g/mol. The smallest absolute Gasteiger partial charge is 0.193 e. The Hall–Kier alpha value is -1.06. The first-order chi connectivity index (χ1) is 12.7. The summed E-state index contributed by atoms with van der Waals surface area (Å²) in [5.74, 6) is 1.75. The summed E-state index contributed by atoms with van der Waals surface area (Å²) < 4.78 is 16.5. The molecule has 0 saturated heterocycles. The monoisotopic (exact) mass is 493 g/mol. The van der Waals surface area contributed by atoms with Crippen molar-refractivity contribution in [1.29, 1.82) is 0 Å². The normalized spacial score (nSPS) is 11.0. The zero-order valence-electron chi connectivity index (χ0n) is 17.2. The standard InChI is InChI=1S/C20H35N3O3.HI/c1-5-7-13-24-15-16-25-14-12-22-20(21-3)23(4)17-18-8-10-19(11-9-18)26-6-2;/h8-11H,5-7,12-17H2,1-4H3,(H,21,22);1H. The quantitative estimate of drug-likeness (QED) is 0.197. The summed E-state index contributed by atoms with van der Waals surface area (Å²) in [6.07, 6.45) is 2.27. The van der Waals surface area contributed by atoms with Gasteiger partial charge in [-0.1, -0.05) is 25.5 Å². The van der Waals surface area contributed by atoms with Gasteiger partial charge in [0.1, 0.15) is 5.75 Å². The molecule has 1 rings (SSSR count). The van der Waals surface area contributed by atoms with Gasteiger partial charge in [-0.3, -0.25) is 4.99 Å². The molecule has 0 spiro atoms. The number of unbranched alkanes of at least 4 members (excludes halogenated alkanes) is 1. The number of guanidine groups is 1. The first kappa shape index (κ1) is 25.9. The largest absolute Gasteiger partial charge is 0.494 e. The van der Waals surface area contributed by atoms with Crippen molar-refractivity contribution >= 4 is 29.9 Å². The lowest BCUT2D eigenvalue weighted by atomic mass is 10.2. The van der Waals surface area contributed by atoms with E-state index in [4.69, 9.17) is 14.2 Å². The zero-order valence-corrected chi connectivity index (χ0v) is 19.5. The van der Waals surface area contributed by atoms with Crippen LogP contribution in [0, 0.1) is 0 Å². The third-order valence-electron chi connectivity index (χ3n) is 3.77. The summed E-state index contributed by atoms with van der Waals surface area (Å²) in [5, 5.41) is 3.32. The number of rotatable bonds is 13. The minimum absolute atomic E-state index is 0. The lowest BCUT2D eigenvalue weighted by Gasteiger charge is -2.22. The molecule has 0 radical (unpaired) electrons. The lowest BCUT2D eigenvalue weighted by Crippen LogP contribution is -2.40. The van der Waals surface area contributed by atoms with E-state index >= 15 is 0 Å². The van der Waals surface area contributed by atoms with Gasteiger partial charge < -0.3 is 24.4 Å². The number of nitrogens with one attached hydrogen (secondary N) is 1. The molecular weight excluding hydrogens is 457 g/mol. The molecule has 156 valence electrons. The molecule has 0 amide bonds. The predicted octanol–water partition coefficient (Wildman–Crippen LogP) is 3.54. The fourth-order valence-electron chi connectivity index (χ4n) is 2.39. The maximum absolute atomic E-state index is 5.57. The summed E-state index contributed by atoms with van der Waals surface area (Å²) >= 11 is 0. The molecule has 0 aliphatic rings. The van der Waals surface area contributed by atoms with Crippen molar-refractivity contribution in [2.45, 2.75) is 33.2 Å². The van der Waals surface area contributed by atoms with Crippen LogP contribution in [0.5, 0.6) is 5.75 Å². The van der Waals surface area contributed by atoms with Crippen molar-refractivity contribution in [1.82, 2.24) is 10.2 Å². The second kappa shape index (κ2) is 17.1. The maximum atomic E-state index is 5.57. The van der Waals surface area contributed by atoms with Crippen LogP contribution < -0.4 is 10.1 Å². The van der Waals surface area contributed by atoms with E-state index < -0.39 is 0 Å². The Bertz CT molecular complexity index is 498. The highest BCUT2D eigenvalue weighted by Crippen LogP contribution is 2.13. The average Bonchev–Trinajstić information content (AvgIpc) is 2.65. The van der Waals surface area contributed by atoms with Crippen molar-refractivity contribution in [2.75, 3.05) is 53.7 Å². The van der Waals surface area contributed by atoms with Crippen LogP contribution in [0.3, 0.4) is 0 Å². The number of ether oxygens (including phenoxy) is 3. The molecule has 0 bridgehead atoms. The number of halogens is 1. The summed E-state index contributed by atoms with van der Waals surface area (Å²) in [6.45, 7) is 9.06. The second-order valence-corrected chi connectivity index (χ2v) is 5.99. The van der Waals surface area contributed by atoms with E-state index in [-0.39, 0.29) is 24.0 Å². The molecule has 0 aliphatic heterocycles. The van der Waals surface area contributed by atoms with E-state index in [0.717, 1.165) is 44.2 Å². The van der Waals surface area contributed by atoms with Gasteiger partial charge in [0.15, 0.2) is 5.96 Å². The third kappa shape index (κ3) is 12.1. The van der Waals surface area contributed by atoms with Gasteiger partial charge in [0, 0.05) is 33.8 Å². The topological polar surface area (TPSA) is 55.3 Å². The van der Waals surface area contributed by atoms with E-state index in [1.807, 2.05) is 26.1 Å². The molecule has 0 atom stereocenters. The SMILES string of the molecule is CCCCOCCOCCNC(=NC)N(C)Cc1ccc(OCC)cc1.I. The summed E-state index contributed by atoms with van der Waals surface area (Å²) in [5.41, 5.74) is 1.21. The fraction of sp³-hybridized carbons (Fsp3) is 0.650. The number of benzene rings is 1. The lowest BCUT2D eigenvalue weighted by molar-refractivity contribution is 0.0486. The van der Waals surface area contributed by atoms with Crippen LogP contribution in [0.25, 0.3) is 0 Å². The second-order valence-electron chi connectivity index (χ2n) is 5.99. The van der Waals surface area contributed by atoms with E-state index in [2.05, 4.69) is 34.3 Å². The highest BCUT2D eigenvalue weighted by molar-refractivity contribution is 14.0. The van der Waals surface area contributed by atoms with Crippen molar-refractivity contribution < 1.29 is 14.2 Å². The van der Waals surface area contributed by atoms with Crippen LogP contribution in [-0.2, 0) is 16.0 Å². The molecule has 7 heteroatoms. The Kier molecular flexibility index (Phi) is 16.4. The number of nitrogens with zero attached hydrogens (tertiary/aromatic N) is 2. The molecule has 27 heavy (non-hydrogen) atoms. The van der Waals surface area contributed by atoms with Crippen LogP contribution in [0.4, 0.5) is 0 Å². The summed E-state index contributed by atoms with van der Waals surface area (Å²) in [7, 11) is 3.81. The summed E-state index contributed by atoms with van der Waals surface area (Å²) in [4.78, 5) is 6.41. The van der Waals surface area contributed by atoms with Crippen molar-refractivity contribution in [3.8, 4) is 5.75 Å². The van der Waals surface area contributed by atoms with Crippen molar-refractivity contribution in [3.05, 3.63) is 29.8 Å².